The molecular formula is C13H16Br3NO3S. The maximum Gasteiger partial charge on any atom is 0.244 e. The van der Waals surface area contributed by atoms with Gasteiger partial charge in [-0.2, -0.15) is 4.31 Å². The number of rotatable bonds is 5. The first-order valence-corrected chi connectivity index (χ1v) is 10.7. The molecule has 1 fully saturated rings. The summed E-state index contributed by atoms with van der Waals surface area (Å²) in [5.41, 5.74) is 0. The van der Waals surface area contributed by atoms with Crippen LogP contribution < -0.4 is 0 Å². The van der Waals surface area contributed by atoms with Gasteiger partial charge in [0.15, 0.2) is 0 Å². The molecule has 0 aliphatic carbocycles. The van der Waals surface area contributed by atoms with Crippen molar-refractivity contribution in [1.82, 2.24) is 4.31 Å². The maximum atomic E-state index is 12.7. The number of ether oxygens (including phenoxy) is 1. The molecular weight excluding hydrogens is 490 g/mol. The van der Waals surface area contributed by atoms with Crippen LogP contribution in [0, 0.1) is 0 Å². The van der Waals surface area contributed by atoms with Crippen molar-refractivity contribution in [3.63, 3.8) is 0 Å². The highest BCUT2D eigenvalue weighted by molar-refractivity contribution is 9.11. The van der Waals surface area contributed by atoms with Crippen LogP contribution in [0.5, 0.6) is 0 Å². The van der Waals surface area contributed by atoms with E-state index in [1.54, 1.807) is 12.1 Å². The van der Waals surface area contributed by atoms with Gasteiger partial charge in [-0.25, -0.2) is 8.42 Å². The van der Waals surface area contributed by atoms with Crippen LogP contribution >= 0.6 is 47.8 Å². The fraction of sp³-hybridized carbons (Fsp3) is 0.538. The highest BCUT2D eigenvalue weighted by Gasteiger charge is 2.31. The Morgan fingerprint density at radius 2 is 1.90 bits per heavy atom. The number of sulfonamides is 1. The van der Waals surface area contributed by atoms with Crippen molar-refractivity contribution in [2.45, 2.75) is 23.8 Å². The number of piperidine rings is 1. The van der Waals surface area contributed by atoms with E-state index in [2.05, 4.69) is 47.8 Å². The topological polar surface area (TPSA) is 46.6 Å². The molecule has 1 aromatic carbocycles. The Hall–Kier alpha value is 0.530. The summed E-state index contributed by atoms with van der Waals surface area (Å²) in [6.45, 7) is 1.65. The average molecular weight is 506 g/mol. The summed E-state index contributed by atoms with van der Waals surface area (Å²) in [5.74, 6) is 0. The fourth-order valence-electron chi connectivity index (χ4n) is 2.26. The summed E-state index contributed by atoms with van der Waals surface area (Å²) >= 11 is 9.97. The Labute approximate surface area is 150 Å². The number of nitrogens with zero attached hydrogens (tertiary/aromatic N) is 1. The minimum atomic E-state index is -3.47. The second-order valence-corrected chi connectivity index (χ2v) is 9.21. The van der Waals surface area contributed by atoms with Crippen LogP contribution in [-0.2, 0) is 14.8 Å². The highest BCUT2D eigenvalue weighted by atomic mass is 79.9. The Morgan fingerprint density at radius 3 is 2.52 bits per heavy atom. The number of alkyl halides is 1. The van der Waals surface area contributed by atoms with Gasteiger partial charge >= 0.3 is 0 Å². The van der Waals surface area contributed by atoms with Crippen molar-refractivity contribution < 1.29 is 13.2 Å². The fourth-order valence-corrected chi connectivity index (χ4v) is 5.38. The Bertz CT molecular complexity index is 586. The smallest absolute Gasteiger partial charge is 0.244 e. The second-order valence-electron chi connectivity index (χ2n) is 4.74. The lowest BCUT2D eigenvalue weighted by atomic mass is 10.1. The number of halogens is 3. The van der Waals surface area contributed by atoms with Gasteiger partial charge in [0, 0.05) is 27.4 Å². The van der Waals surface area contributed by atoms with Crippen molar-refractivity contribution in [2.75, 3.05) is 25.0 Å². The van der Waals surface area contributed by atoms with E-state index in [1.165, 1.54) is 4.31 Å². The molecule has 0 radical (unpaired) electrons. The third kappa shape index (κ3) is 4.51. The highest BCUT2D eigenvalue weighted by Crippen LogP contribution is 2.30. The Kier molecular flexibility index (Phi) is 6.71. The SMILES string of the molecule is O=S(=O)(c1cc(Br)ccc1Br)N1CCC(OCCBr)CC1. The predicted molar refractivity (Wildman–Crippen MR) is 93.4 cm³/mol. The van der Waals surface area contributed by atoms with E-state index >= 15 is 0 Å². The summed E-state index contributed by atoms with van der Waals surface area (Å²) in [4.78, 5) is 0.303. The molecule has 4 nitrogen and oxygen atoms in total. The molecule has 118 valence electrons. The summed E-state index contributed by atoms with van der Waals surface area (Å²) in [6, 6.07) is 5.18. The van der Waals surface area contributed by atoms with Gasteiger partial charge in [-0.05, 0) is 47.0 Å². The van der Waals surface area contributed by atoms with Gasteiger partial charge in [0.05, 0.1) is 17.6 Å². The first-order valence-electron chi connectivity index (χ1n) is 6.58. The van der Waals surface area contributed by atoms with Gasteiger partial charge in [0.25, 0.3) is 0 Å². The minimum Gasteiger partial charge on any atom is -0.377 e. The van der Waals surface area contributed by atoms with Crippen LogP contribution in [0.3, 0.4) is 0 Å². The van der Waals surface area contributed by atoms with Crippen molar-refractivity contribution in [3.05, 3.63) is 27.1 Å². The molecule has 0 saturated carbocycles. The lowest BCUT2D eigenvalue weighted by Crippen LogP contribution is -2.41. The molecule has 1 aromatic rings. The van der Waals surface area contributed by atoms with Crippen molar-refractivity contribution in [1.29, 1.82) is 0 Å². The van der Waals surface area contributed by atoms with Crippen LogP contribution in [0.2, 0.25) is 0 Å². The predicted octanol–water partition coefficient (Wildman–Crippen LogP) is 3.78. The molecule has 0 atom stereocenters. The van der Waals surface area contributed by atoms with E-state index in [9.17, 15) is 8.42 Å². The van der Waals surface area contributed by atoms with Crippen molar-refractivity contribution >= 4 is 57.8 Å². The average Bonchev–Trinajstić information content (AvgIpc) is 2.48. The molecule has 0 N–H and O–H groups in total. The van der Waals surface area contributed by atoms with E-state index in [0.29, 0.717) is 29.1 Å². The summed E-state index contributed by atoms with van der Waals surface area (Å²) in [5, 5.41) is 0.802. The maximum absolute atomic E-state index is 12.7. The summed E-state index contributed by atoms with van der Waals surface area (Å²) in [6.07, 6.45) is 1.62. The number of benzene rings is 1. The van der Waals surface area contributed by atoms with Crippen LogP contribution in [0.15, 0.2) is 32.0 Å². The lowest BCUT2D eigenvalue weighted by Gasteiger charge is -2.31. The van der Waals surface area contributed by atoms with Gasteiger partial charge in [-0.1, -0.05) is 31.9 Å². The quantitative estimate of drug-likeness (QED) is 0.572. The molecule has 21 heavy (non-hydrogen) atoms. The summed E-state index contributed by atoms with van der Waals surface area (Å²) < 4.78 is 33.9. The molecule has 0 spiro atoms. The van der Waals surface area contributed by atoms with Crippen LogP contribution in [0.4, 0.5) is 0 Å². The molecule has 0 bridgehead atoms. The lowest BCUT2D eigenvalue weighted by molar-refractivity contribution is 0.0309. The van der Waals surface area contributed by atoms with Crippen LogP contribution in [0.25, 0.3) is 0 Å². The second kappa shape index (κ2) is 7.88. The zero-order valence-electron chi connectivity index (χ0n) is 11.3. The monoisotopic (exact) mass is 503 g/mol. The molecule has 1 aliphatic rings. The van der Waals surface area contributed by atoms with Crippen LogP contribution in [-0.4, -0.2) is 43.9 Å². The molecule has 8 heteroatoms. The molecule has 0 unspecified atom stereocenters. The van der Waals surface area contributed by atoms with Gasteiger partial charge in [-0.15, -0.1) is 0 Å². The molecule has 1 saturated heterocycles. The van der Waals surface area contributed by atoms with E-state index in [4.69, 9.17) is 4.74 Å². The zero-order valence-corrected chi connectivity index (χ0v) is 16.8. The molecule has 0 aromatic heterocycles. The molecule has 1 aliphatic heterocycles. The van der Waals surface area contributed by atoms with Crippen LogP contribution in [0.1, 0.15) is 12.8 Å². The Morgan fingerprint density at radius 1 is 1.24 bits per heavy atom. The first-order chi connectivity index (χ1) is 9.95. The van der Waals surface area contributed by atoms with E-state index < -0.39 is 10.0 Å². The van der Waals surface area contributed by atoms with E-state index in [1.807, 2.05) is 6.07 Å². The number of hydrogen-bond donors (Lipinski definition) is 0. The third-order valence-corrected chi connectivity index (χ3v) is 7.05. The van der Waals surface area contributed by atoms with Crippen molar-refractivity contribution in [2.24, 2.45) is 0 Å². The molecule has 2 rings (SSSR count). The molecule has 0 amide bonds. The number of hydrogen-bond acceptors (Lipinski definition) is 3. The largest absolute Gasteiger partial charge is 0.377 e. The molecule has 1 heterocycles. The van der Waals surface area contributed by atoms with Gasteiger partial charge in [-0.3, -0.25) is 0 Å². The van der Waals surface area contributed by atoms with Gasteiger partial charge in [0.1, 0.15) is 0 Å². The van der Waals surface area contributed by atoms with Gasteiger partial charge in [0.2, 0.25) is 10.0 Å². The third-order valence-electron chi connectivity index (χ3n) is 3.34. The van der Waals surface area contributed by atoms with E-state index in [-0.39, 0.29) is 6.10 Å². The normalized spacial score (nSPS) is 18.0. The summed E-state index contributed by atoms with van der Waals surface area (Å²) in [7, 11) is -3.47. The zero-order chi connectivity index (χ0) is 15.5. The standard InChI is InChI=1S/C13H16Br3NO3S/c14-5-8-20-11-3-6-17(7-4-11)21(18,19)13-9-10(15)1-2-12(13)16/h1-2,9,11H,3-8H2. The van der Waals surface area contributed by atoms with Crippen molar-refractivity contribution in [3.8, 4) is 0 Å². The van der Waals surface area contributed by atoms with Gasteiger partial charge < -0.3 is 4.74 Å². The first kappa shape index (κ1) is 17.9. The Balaban J connectivity index is 2.10. The minimum absolute atomic E-state index is 0.153. The van der Waals surface area contributed by atoms with E-state index in [0.717, 1.165) is 22.6 Å².